The van der Waals surface area contributed by atoms with Crippen molar-refractivity contribution in [3.05, 3.63) is 48.0 Å². The second kappa shape index (κ2) is 12.2. The molecule has 192 valence electrons. The second-order valence-electron chi connectivity index (χ2n) is 9.90. The Kier molecular flexibility index (Phi) is 9.26. The average molecular weight is 483 g/mol. The van der Waals surface area contributed by atoms with Crippen LogP contribution in [0, 0.1) is 6.92 Å². The summed E-state index contributed by atoms with van der Waals surface area (Å²) in [5, 5.41) is 3.05. The Morgan fingerprint density at radius 3 is 2.46 bits per heavy atom. The first-order valence-corrected chi connectivity index (χ1v) is 12.7. The Morgan fingerprint density at radius 2 is 1.83 bits per heavy atom. The molecule has 0 bridgehead atoms. The third-order valence-corrected chi connectivity index (χ3v) is 6.60. The number of rotatable bonds is 9. The number of carbonyl (C=O) groups excluding carboxylic acids is 1. The molecule has 1 aliphatic heterocycles. The van der Waals surface area contributed by atoms with Crippen LogP contribution in [0.1, 0.15) is 40.2 Å². The average Bonchev–Trinajstić information content (AvgIpc) is 2.81. The number of urea groups is 1. The minimum atomic E-state index is -0.0948. The first-order valence-electron chi connectivity index (χ1n) is 12.7. The fourth-order valence-corrected chi connectivity index (χ4v) is 4.78. The maximum Gasteiger partial charge on any atom is 0.321 e. The molecule has 0 spiro atoms. The summed E-state index contributed by atoms with van der Waals surface area (Å²) in [7, 11) is 1.63. The molecule has 1 saturated heterocycles. The van der Waals surface area contributed by atoms with Crippen molar-refractivity contribution in [3.63, 3.8) is 0 Å². The van der Waals surface area contributed by atoms with Gasteiger partial charge < -0.3 is 24.6 Å². The number of carbonyl (C=O) groups is 1. The smallest absolute Gasteiger partial charge is 0.321 e. The number of amides is 2. The largest absolute Gasteiger partial charge is 0.493 e. The number of nitrogens with zero attached hydrogens (tertiary/aromatic N) is 3. The lowest BCUT2D eigenvalue weighted by atomic mass is 10.1. The monoisotopic (exact) mass is 482 g/mol. The van der Waals surface area contributed by atoms with E-state index in [0.29, 0.717) is 49.0 Å². The number of benzene rings is 2. The molecule has 7 nitrogen and oxygen atoms in total. The first kappa shape index (κ1) is 26.7. The summed E-state index contributed by atoms with van der Waals surface area (Å²) in [6, 6.07) is 15.1. The molecule has 1 atom stereocenters. The number of nitrogens with one attached hydrogen (secondary N) is 1. The van der Waals surface area contributed by atoms with Gasteiger partial charge in [0.15, 0.2) is 11.5 Å². The first-order chi connectivity index (χ1) is 16.7. The standard InChI is InChI=1S/C28H42N4O3/c1-20(2)31(21(3)4)15-16-35-27-18-24(11-12-26(27)34-7)29-28(33)30-13-14-32(23(6)19-30)25-10-8-9-22(5)17-25/h8-12,17-18,20-21,23H,13-16,19H2,1-7H3,(H,29,33). The number of hydrogen-bond acceptors (Lipinski definition) is 5. The Bertz CT molecular complexity index is 970. The molecular formula is C28H42N4O3. The van der Waals surface area contributed by atoms with E-state index in [0.717, 1.165) is 13.1 Å². The van der Waals surface area contributed by atoms with Gasteiger partial charge in [0.2, 0.25) is 0 Å². The SMILES string of the molecule is COc1ccc(NC(=O)N2CCN(c3cccc(C)c3)C(C)C2)cc1OCCN(C(C)C)C(C)C. The van der Waals surface area contributed by atoms with Gasteiger partial charge in [-0.2, -0.15) is 0 Å². The quantitative estimate of drug-likeness (QED) is 0.529. The fourth-order valence-electron chi connectivity index (χ4n) is 4.78. The van der Waals surface area contributed by atoms with Crippen molar-refractivity contribution >= 4 is 17.4 Å². The van der Waals surface area contributed by atoms with Crippen molar-refractivity contribution < 1.29 is 14.3 Å². The van der Waals surface area contributed by atoms with Gasteiger partial charge in [-0.15, -0.1) is 0 Å². The van der Waals surface area contributed by atoms with Gasteiger partial charge in [-0.1, -0.05) is 12.1 Å². The Labute approximate surface area is 211 Å². The Balaban J connectivity index is 1.60. The molecule has 1 unspecified atom stereocenters. The minimum Gasteiger partial charge on any atom is -0.493 e. The Morgan fingerprint density at radius 1 is 1.09 bits per heavy atom. The summed E-state index contributed by atoms with van der Waals surface area (Å²) < 4.78 is 11.6. The number of piperazine rings is 1. The van der Waals surface area contributed by atoms with Gasteiger partial charge in [-0.3, -0.25) is 4.90 Å². The van der Waals surface area contributed by atoms with Gasteiger partial charge in [0.1, 0.15) is 6.61 Å². The van der Waals surface area contributed by atoms with E-state index in [1.165, 1.54) is 11.3 Å². The fraction of sp³-hybridized carbons (Fsp3) is 0.536. The molecule has 1 aliphatic rings. The molecule has 2 amide bonds. The molecule has 1 fully saturated rings. The topological polar surface area (TPSA) is 57.3 Å². The lowest BCUT2D eigenvalue weighted by Crippen LogP contribution is -2.54. The Hall–Kier alpha value is -2.93. The molecule has 0 aliphatic carbocycles. The van der Waals surface area contributed by atoms with Crippen LogP contribution >= 0.6 is 0 Å². The van der Waals surface area contributed by atoms with Gasteiger partial charge in [0.25, 0.3) is 0 Å². The van der Waals surface area contributed by atoms with Gasteiger partial charge in [-0.25, -0.2) is 4.79 Å². The summed E-state index contributed by atoms with van der Waals surface area (Å²) in [6.45, 7) is 16.5. The highest BCUT2D eigenvalue weighted by molar-refractivity contribution is 5.90. The van der Waals surface area contributed by atoms with E-state index in [4.69, 9.17) is 9.47 Å². The maximum atomic E-state index is 13.0. The number of aryl methyl sites for hydroxylation is 1. The third kappa shape index (κ3) is 7.04. The minimum absolute atomic E-state index is 0.0948. The predicted molar refractivity (Wildman–Crippen MR) is 144 cm³/mol. The summed E-state index contributed by atoms with van der Waals surface area (Å²) in [5.74, 6) is 1.29. The number of hydrogen-bond donors (Lipinski definition) is 1. The van der Waals surface area contributed by atoms with Crippen molar-refractivity contribution in [1.29, 1.82) is 0 Å². The van der Waals surface area contributed by atoms with Crippen LogP contribution in [0.15, 0.2) is 42.5 Å². The van der Waals surface area contributed by atoms with E-state index in [1.54, 1.807) is 7.11 Å². The van der Waals surface area contributed by atoms with Crippen LogP contribution in [0.2, 0.25) is 0 Å². The van der Waals surface area contributed by atoms with Crippen LogP contribution in [-0.4, -0.2) is 73.9 Å². The maximum absolute atomic E-state index is 13.0. The molecule has 0 aromatic heterocycles. The van der Waals surface area contributed by atoms with Crippen LogP contribution in [-0.2, 0) is 0 Å². The normalized spacial score (nSPS) is 16.2. The zero-order valence-corrected chi connectivity index (χ0v) is 22.4. The number of ether oxygens (including phenoxy) is 2. The van der Waals surface area contributed by atoms with E-state index < -0.39 is 0 Å². The van der Waals surface area contributed by atoms with Crippen LogP contribution in [0.5, 0.6) is 11.5 Å². The van der Waals surface area contributed by atoms with Crippen molar-refractivity contribution in [2.75, 3.05) is 50.1 Å². The summed E-state index contributed by atoms with van der Waals surface area (Å²) in [4.78, 5) is 19.7. The van der Waals surface area contributed by atoms with Crippen LogP contribution in [0.25, 0.3) is 0 Å². The van der Waals surface area contributed by atoms with E-state index in [1.807, 2.05) is 23.1 Å². The zero-order valence-electron chi connectivity index (χ0n) is 22.4. The number of anilines is 2. The zero-order chi connectivity index (χ0) is 25.5. The molecule has 3 rings (SSSR count). The van der Waals surface area contributed by atoms with Crippen LogP contribution < -0.4 is 19.7 Å². The molecular weight excluding hydrogens is 440 g/mol. The lowest BCUT2D eigenvalue weighted by Gasteiger charge is -2.41. The molecule has 1 heterocycles. The van der Waals surface area contributed by atoms with Crippen molar-refractivity contribution in [1.82, 2.24) is 9.80 Å². The summed E-state index contributed by atoms with van der Waals surface area (Å²) >= 11 is 0. The molecule has 0 radical (unpaired) electrons. The van der Waals surface area contributed by atoms with Gasteiger partial charge >= 0.3 is 6.03 Å². The molecule has 1 N–H and O–H groups in total. The molecule has 2 aromatic carbocycles. The van der Waals surface area contributed by atoms with Crippen LogP contribution in [0.3, 0.4) is 0 Å². The third-order valence-electron chi connectivity index (χ3n) is 6.60. The second-order valence-corrected chi connectivity index (χ2v) is 9.90. The molecule has 2 aromatic rings. The highest BCUT2D eigenvalue weighted by atomic mass is 16.5. The summed E-state index contributed by atoms with van der Waals surface area (Å²) in [5.41, 5.74) is 3.15. The van der Waals surface area contributed by atoms with E-state index >= 15 is 0 Å². The van der Waals surface area contributed by atoms with Gasteiger partial charge in [0, 0.05) is 61.7 Å². The van der Waals surface area contributed by atoms with Crippen molar-refractivity contribution in [2.45, 2.75) is 59.7 Å². The van der Waals surface area contributed by atoms with Crippen molar-refractivity contribution in [2.24, 2.45) is 0 Å². The van der Waals surface area contributed by atoms with E-state index in [2.05, 4.69) is 80.9 Å². The number of methoxy groups -OCH3 is 1. The van der Waals surface area contributed by atoms with E-state index in [-0.39, 0.29) is 12.1 Å². The molecule has 35 heavy (non-hydrogen) atoms. The highest BCUT2D eigenvalue weighted by Gasteiger charge is 2.27. The van der Waals surface area contributed by atoms with Crippen molar-refractivity contribution in [3.8, 4) is 11.5 Å². The van der Waals surface area contributed by atoms with Gasteiger partial charge in [0.05, 0.1) is 7.11 Å². The molecule has 7 heteroatoms. The van der Waals surface area contributed by atoms with E-state index in [9.17, 15) is 4.79 Å². The summed E-state index contributed by atoms with van der Waals surface area (Å²) in [6.07, 6.45) is 0. The predicted octanol–water partition coefficient (Wildman–Crippen LogP) is 5.24. The van der Waals surface area contributed by atoms with Crippen LogP contribution in [0.4, 0.5) is 16.2 Å². The lowest BCUT2D eigenvalue weighted by molar-refractivity contribution is 0.140. The van der Waals surface area contributed by atoms with Gasteiger partial charge in [-0.05, 0) is 71.4 Å². The molecule has 0 saturated carbocycles. The highest BCUT2D eigenvalue weighted by Crippen LogP contribution is 2.31.